The lowest BCUT2D eigenvalue weighted by Gasteiger charge is -2.33. The van der Waals surface area contributed by atoms with E-state index in [-0.39, 0.29) is 5.41 Å². The van der Waals surface area contributed by atoms with E-state index >= 15 is 0 Å². The summed E-state index contributed by atoms with van der Waals surface area (Å²) in [6.07, 6.45) is 3.51. The average Bonchev–Trinajstić information content (AvgIpc) is 2.75. The maximum atomic E-state index is 5.99. The lowest BCUT2D eigenvalue weighted by Crippen LogP contribution is -2.37. The monoisotopic (exact) mass is 264 g/mol. The lowest BCUT2D eigenvalue weighted by molar-refractivity contribution is 0.167. The van der Waals surface area contributed by atoms with Gasteiger partial charge in [0.15, 0.2) is 5.89 Å². The van der Waals surface area contributed by atoms with E-state index in [1.165, 1.54) is 12.8 Å². The molecule has 108 valence electrons. The molecule has 1 aromatic heterocycles. The maximum absolute atomic E-state index is 5.99. The molecular weight excluding hydrogens is 236 g/mol. The summed E-state index contributed by atoms with van der Waals surface area (Å²) in [7, 11) is 2.20. The summed E-state index contributed by atoms with van der Waals surface area (Å²) in [6, 6.07) is 0.680. The Labute approximate surface area is 117 Å². The standard InChI is InChI=1S/C16H28N2O/c1-7-16(4,5)14-12(3)19-15(17-14)13-9-8-11(2)18(6)10-13/h11,13H,7-10H2,1-6H3/t11-,13?/m1/s1. The zero-order valence-electron chi connectivity index (χ0n) is 13.3. The minimum Gasteiger partial charge on any atom is -0.445 e. The molecule has 0 spiro atoms. The minimum absolute atomic E-state index is 0.111. The molecule has 1 saturated heterocycles. The molecule has 2 rings (SSSR count). The van der Waals surface area contributed by atoms with Crippen LogP contribution in [0.25, 0.3) is 0 Å². The van der Waals surface area contributed by atoms with Crippen molar-refractivity contribution in [2.24, 2.45) is 0 Å². The van der Waals surface area contributed by atoms with Crippen molar-refractivity contribution in [2.75, 3.05) is 13.6 Å². The SMILES string of the molecule is CCC(C)(C)c1nc(C2CC[C@@H](C)N(C)C2)oc1C. The van der Waals surface area contributed by atoms with Crippen molar-refractivity contribution >= 4 is 0 Å². The van der Waals surface area contributed by atoms with Gasteiger partial charge in [-0.25, -0.2) is 4.98 Å². The Morgan fingerprint density at radius 1 is 1.37 bits per heavy atom. The Bertz CT molecular complexity index is 436. The summed E-state index contributed by atoms with van der Waals surface area (Å²) in [5.74, 6) is 2.41. The van der Waals surface area contributed by atoms with Crippen LogP contribution in [0.3, 0.4) is 0 Å². The zero-order chi connectivity index (χ0) is 14.2. The second-order valence-electron chi connectivity index (χ2n) is 6.76. The summed E-state index contributed by atoms with van der Waals surface area (Å²) in [6.45, 7) is 12.1. The first-order valence-electron chi connectivity index (χ1n) is 7.53. The van der Waals surface area contributed by atoms with E-state index in [0.29, 0.717) is 12.0 Å². The predicted octanol–water partition coefficient (Wildman–Crippen LogP) is 3.87. The predicted molar refractivity (Wildman–Crippen MR) is 78.6 cm³/mol. The van der Waals surface area contributed by atoms with Crippen LogP contribution in [0.2, 0.25) is 0 Å². The van der Waals surface area contributed by atoms with Gasteiger partial charge in [0.05, 0.1) is 5.69 Å². The summed E-state index contributed by atoms with van der Waals surface area (Å²) in [4.78, 5) is 7.26. The quantitative estimate of drug-likeness (QED) is 0.830. The molecule has 2 heterocycles. The zero-order valence-corrected chi connectivity index (χ0v) is 13.3. The van der Waals surface area contributed by atoms with Gasteiger partial charge in [0, 0.05) is 23.9 Å². The van der Waals surface area contributed by atoms with E-state index in [1.54, 1.807) is 0 Å². The van der Waals surface area contributed by atoms with Crippen molar-refractivity contribution in [2.45, 2.75) is 71.3 Å². The first kappa shape index (κ1) is 14.6. The van der Waals surface area contributed by atoms with Crippen LogP contribution in [0.5, 0.6) is 0 Å². The second-order valence-corrected chi connectivity index (χ2v) is 6.76. The summed E-state index contributed by atoms with van der Waals surface area (Å²) >= 11 is 0. The molecule has 1 fully saturated rings. The molecule has 0 aromatic carbocycles. The van der Waals surface area contributed by atoms with Gasteiger partial charge in [-0.1, -0.05) is 20.8 Å². The first-order chi connectivity index (χ1) is 8.85. The Kier molecular flexibility index (Phi) is 4.05. The van der Waals surface area contributed by atoms with Crippen LogP contribution >= 0.6 is 0 Å². The molecule has 0 bridgehead atoms. The van der Waals surface area contributed by atoms with Crippen molar-refractivity contribution in [1.82, 2.24) is 9.88 Å². The fourth-order valence-corrected chi connectivity index (χ4v) is 2.87. The molecule has 0 saturated carbocycles. The lowest BCUT2D eigenvalue weighted by atomic mass is 9.85. The van der Waals surface area contributed by atoms with E-state index < -0.39 is 0 Å². The summed E-state index contributed by atoms with van der Waals surface area (Å²) < 4.78 is 5.99. The van der Waals surface area contributed by atoms with Gasteiger partial charge >= 0.3 is 0 Å². The summed E-state index contributed by atoms with van der Waals surface area (Å²) in [5.41, 5.74) is 1.26. The number of likely N-dealkylation sites (N-methyl/N-ethyl adjacent to an activating group) is 1. The minimum atomic E-state index is 0.111. The van der Waals surface area contributed by atoms with Crippen LogP contribution in [0.4, 0.5) is 0 Å². The van der Waals surface area contributed by atoms with Gasteiger partial charge in [-0.3, -0.25) is 0 Å². The van der Waals surface area contributed by atoms with E-state index in [2.05, 4.69) is 46.6 Å². The second kappa shape index (κ2) is 5.28. The Balaban J connectivity index is 2.21. The summed E-state index contributed by atoms with van der Waals surface area (Å²) in [5, 5.41) is 0. The molecule has 0 aliphatic carbocycles. The van der Waals surface area contributed by atoms with Gasteiger partial charge in [0.1, 0.15) is 5.76 Å². The van der Waals surface area contributed by atoms with Gasteiger partial charge in [0.25, 0.3) is 0 Å². The molecular formula is C16H28N2O. The third-order valence-corrected chi connectivity index (χ3v) is 4.88. The average molecular weight is 264 g/mol. The Morgan fingerprint density at radius 2 is 2.05 bits per heavy atom. The Morgan fingerprint density at radius 3 is 2.63 bits per heavy atom. The molecule has 1 aliphatic heterocycles. The van der Waals surface area contributed by atoms with E-state index in [0.717, 1.165) is 30.3 Å². The molecule has 0 radical (unpaired) electrons. The van der Waals surface area contributed by atoms with Gasteiger partial charge in [0.2, 0.25) is 0 Å². The first-order valence-corrected chi connectivity index (χ1v) is 7.53. The number of hydrogen-bond donors (Lipinski definition) is 0. The highest BCUT2D eigenvalue weighted by atomic mass is 16.4. The largest absolute Gasteiger partial charge is 0.445 e. The van der Waals surface area contributed by atoms with E-state index in [9.17, 15) is 0 Å². The van der Waals surface area contributed by atoms with Gasteiger partial charge in [-0.2, -0.15) is 0 Å². The van der Waals surface area contributed by atoms with E-state index in [4.69, 9.17) is 9.40 Å². The maximum Gasteiger partial charge on any atom is 0.199 e. The van der Waals surface area contributed by atoms with Crippen LogP contribution in [0.15, 0.2) is 4.42 Å². The fraction of sp³-hybridized carbons (Fsp3) is 0.812. The van der Waals surface area contributed by atoms with Crippen LogP contribution in [-0.4, -0.2) is 29.5 Å². The topological polar surface area (TPSA) is 29.3 Å². The van der Waals surface area contributed by atoms with Gasteiger partial charge in [-0.15, -0.1) is 0 Å². The highest BCUT2D eigenvalue weighted by molar-refractivity contribution is 5.20. The number of piperidine rings is 1. The number of hydrogen-bond acceptors (Lipinski definition) is 3. The molecule has 1 unspecified atom stereocenters. The molecule has 1 aliphatic rings. The molecule has 3 nitrogen and oxygen atoms in total. The van der Waals surface area contributed by atoms with Crippen LogP contribution in [-0.2, 0) is 5.41 Å². The van der Waals surface area contributed by atoms with Crippen molar-refractivity contribution < 1.29 is 4.42 Å². The molecule has 0 amide bonds. The van der Waals surface area contributed by atoms with Crippen molar-refractivity contribution in [1.29, 1.82) is 0 Å². The normalized spacial score (nSPS) is 25.8. The number of aromatic nitrogens is 1. The fourth-order valence-electron chi connectivity index (χ4n) is 2.87. The number of nitrogens with zero attached hydrogens (tertiary/aromatic N) is 2. The number of oxazole rings is 1. The highest BCUT2D eigenvalue weighted by Crippen LogP contribution is 2.34. The van der Waals surface area contributed by atoms with Gasteiger partial charge < -0.3 is 9.32 Å². The molecule has 1 aromatic rings. The van der Waals surface area contributed by atoms with Crippen molar-refractivity contribution in [3.05, 3.63) is 17.3 Å². The third kappa shape index (κ3) is 2.86. The molecule has 0 N–H and O–H groups in total. The number of rotatable bonds is 3. The van der Waals surface area contributed by atoms with E-state index in [1.807, 2.05) is 0 Å². The molecule has 19 heavy (non-hydrogen) atoms. The smallest absolute Gasteiger partial charge is 0.199 e. The molecule has 3 heteroatoms. The highest BCUT2D eigenvalue weighted by Gasteiger charge is 2.31. The Hall–Kier alpha value is -0.830. The van der Waals surface area contributed by atoms with Crippen LogP contribution in [0.1, 0.15) is 70.2 Å². The van der Waals surface area contributed by atoms with Crippen LogP contribution in [0, 0.1) is 6.92 Å². The van der Waals surface area contributed by atoms with Crippen molar-refractivity contribution in [3.8, 4) is 0 Å². The number of aryl methyl sites for hydroxylation is 1. The molecule has 2 atom stereocenters. The van der Waals surface area contributed by atoms with Gasteiger partial charge in [-0.05, 0) is 40.2 Å². The van der Waals surface area contributed by atoms with Crippen molar-refractivity contribution in [3.63, 3.8) is 0 Å². The number of likely N-dealkylation sites (tertiary alicyclic amines) is 1. The van der Waals surface area contributed by atoms with Crippen LogP contribution < -0.4 is 0 Å². The third-order valence-electron chi connectivity index (χ3n) is 4.88.